The molecule has 0 aliphatic heterocycles. The zero-order valence-corrected chi connectivity index (χ0v) is 9.95. The largest absolute Gasteiger partial charge is 0.479 e. The van der Waals surface area contributed by atoms with E-state index in [-0.39, 0.29) is 6.61 Å². The van der Waals surface area contributed by atoms with Crippen LogP contribution in [-0.4, -0.2) is 35.0 Å². The Labute approximate surface area is 96.6 Å². The van der Waals surface area contributed by atoms with E-state index >= 15 is 0 Å². The Morgan fingerprint density at radius 3 is 2.50 bits per heavy atom. The molecule has 1 aliphatic carbocycles. The first kappa shape index (κ1) is 13.5. The highest BCUT2D eigenvalue weighted by Crippen LogP contribution is 2.36. The van der Waals surface area contributed by atoms with E-state index in [0.717, 1.165) is 19.3 Å². The molecule has 0 heterocycles. The molecule has 0 unspecified atom stereocenters. The van der Waals surface area contributed by atoms with Crippen LogP contribution >= 0.6 is 0 Å². The molecule has 16 heavy (non-hydrogen) atoms. The summed E-state index contributed by atoms with van der Waals surface area (Å²) in [5.41, 5.74) is -0.985. The summed E-state index contributed by atoms with van der Waals surface area (Å²) in [5.74, 6) is -0.200. The molecule has 1 rings (SSSR count). The van der Waals surface area contributed by atoms with Gasteiger partial charge in [0, 0.05) is 6.61 Å². The molecule has 1 saturated carbocycles. The first-order valence-corrected chi connectivity index (χ1v) is 6.13. The summed E-state index contributed by atoms with van der Waals surface area (Å²) < 4.78 is 5.51. The third kappa shape index (κ3) is 3.19. The van der Waals surface area contributed by atoms with Gasteiger partial charge in [-0.05, 0) is 38.0 Å². The molecule has 4 nitrogen and oxygen atoms in total. The number of carbonyl (C=O) groups is 1. The van der Waals surface area contributed by atoms with Crippen molar-refractivity contribution in [3.8, 4) is 0 Å². The van der Waals surface area contributed by atoms with Gasteiger partial charge in [-0.1, -0.05) is 13.3 Å². The Kier molecular flexibility index (Phi) is 5.22. The molecule has 0 aromatic carbocycles. The first-order chi connectivity index (χ1) is 7.64. The molecule has 1 aliphatic rings. The molecule has 0 saturated heterocycles. The van der Waals surface area contributed by atoms with Gasteiger partial charge in [0.2, 0.25) is 0 Å². The van der Waals surface area contributed by atoms with Crippen LogP contribution < -0.4 is 0 Å². The van der Waals surface area contributed by atoms with Crippen LogP contribution in [0.3, 0.4) is 0 Å². The van der Waals surface area contributed by atoms with Gasteiger partial charge in [-0.3, -0.25) is 0 Å². The van der Waals surface area contributed by atoms with Crippen molar-refractivity contribution in [1.82, 2.24) is 0 Å². The predicted molar refractivity (Wildman–Crippen MR) is 60.3 cm³/mol. The van der Waals surface area contributed by atoms with E-state index in [9.17, 15) is 9.90 Å². The van der Waals surface area contributed by atoms with E-state index in [1.54, 1.807) is 0 Å². The molecule has 0 bridgehead atoms. The lowest BCUT2D eigenvalue weighted by Crippen LogP contribution is -2.45. The van der Waals surface area contributed by atoms with Gasteiger partial charge in [-0.2, -0.15) is 0 Å². The predicted octanol–water partition coefficient (Wildman–Crippen LogP) is 1.81. The minimum atomic E-state index is -0.985. The maximum Gasteiger partial charge on any atom is 0.335 e. The summed E-state index contributed by atoms with van der Waals surface area (Å²) in [4.78, 5) is 11.3. The van der Waals surface area contributed by atoms with Gasteiger partial charge in [0.15, 0.2) is 5.60 Å². The SMILES string of the molecule is CCC1CCC(OCCCO)(C(=O)O)CC1. The van der Waals surface area contributed by atoms with Gasteiger partial charge in [0.25, 0.3) is 0 Å². The molecule has 94 valence electrons. The number of hydrogen-bond donors (Lipinski definition) is 2. The van der Waals surface area contributed by atoms with Crippen molar-refractivity contribution in [3.63, 3.8) is 0 Å². The van der Waals surface area contributed by atoms with Gasteiger partial charge in [-0.25, -0.2) is 4.79 Å². The Morgan fingerprint density at radius 1 is 1.44 bits per heavy atom. The number of carboxylic acids is 1. The van der Waals surface area contributed by atoms with E-state index in [0.29, 0.717) is 31.8 Å². The van der Waals surface area contributed by atoms with E-state index in [1.165, 1.54) is 0 Å². The number of aliphatic carboxylic acids is 1. The van der Waals surface area contributed by atoms with Crippen molar-refractivity contribution < 1.29 is 19.7 Å². The molecule has 1 fully saturated rings. The van der Waals surface area contributed by atoms with Crippen LogP contribution in [0.15, 0.2) is 0 Å². The second kappa shape index (κ2) is 6.21. The minimum absolute atomic E-state index is 0.0489. The lowest BCUT2D eigenvalue weighted by Gasteiger charge is -2.36. The second-order valence-electron chi connectivity index (χ2n) is 4.58. The van der Waals surface area contributed by atoms with Gasteiger partial charge < -0.3 is 14.9 Å². The molecular weight excluding hydrogens is 208 g/mol. The van der Waals surface area contributed by atoms with E-state index in [2.05, 4.69) is 6.92 Å². The van der Waals surface area contributed by atoms with Crippen molar-refractivity contribution in [2.45, 2.75) is 51.0 Å². The smallest absolute Gasteiger partial charge is 0.335 e. The van der Waals surface area contributed by atoms with Crippen molar-refractivity contribution >= 4 is 5.97 Å². The molecule has 0 radical (unpaired) electrons. The standard InChI is InChI=1S/C12H22O4/c1-2-10-4-6-12(7-5-10,11(14)15)16-9-3-8-13/h10,13H,2-9H2,1H3,(H,14,15). The van der Waals surface area contributed by atoms with Crippen molar-refractivity contribution in [3.05, 3.63) is 0 Å². The number of rotatable bonds is 6. The fraction of sp³-hybridized carbons (Fsp3) is 0.917. The summed E-state index contributed by atoms with van der Waals surface area (Å²) in [7, 11) is 0. The molecule has 4 heteroatoms. The maximum absolute atomic E-state index is 11.3. The van der Waals surface area contributed by atoms with Crippen LogP contribution in [0.5, 0.6) is 0 Å². The monoisotopic (exact) mass is 230 g/mol. The summed E-state index contributed by atoms with van der Waals surface area (Å²) in [5, 5.41) is 17.9. The van der Waals surface area contributed by atoms with E-state index in [4.69, 9.17) is 9.84 Å². The van der Waals surface area contributed by atoms with Crippen LogP contribution in [0.1, 0.15) is 45.4 Å². The fourth-order valence-corrected chi connectivity index (χ4v) is 2.30. The van der Waals surface area contributed by atoms with Crippen molar-refractivity contribution in [2.24, 2.45) is 5.92 Å². The second-order valence-corrected chi connectivity index (χ2v) is 4.58. The summed E-state index contributed by atoms with van der Waals surface area (Å²) in [6.45, 7) is 2.53. The number of hydrogen-bond acceptors (Lipinski definition) is 3. The lowest BCUT2D eigenvalue weighted by atomic mass is 9.77. The summed E-state index contributed by atoms with van der Waals surface area (Å²) >= 11 is 0. The molecule has 0 atom stereocenters. The van der Waals surface area contributed by atoms with Crippen LogP contribution in [0.2, 0.25) is 0 Å². The Morgan fingerprint density at radius 2 is 2.06 bits per heavy atom. The van der Waals surface area contributed by atoms with E-state index in [1.807, 2.05) is 0 Å². The Balaban J connectivity index is 2.51. The van der Waals surface area contributed by atoms with Gasteiger partial charge in [0.05, 0.1) is 6.61 Å². The maximum atomic E-state index is 11.3. The van der Waals surface area contributed by atoms with Crippen LogP contribution in [0, 0.1) is 5.92 Å². The van der Waals surface area contributed by atoms with Crippen LogP contribution in [-0.2, 0) is 9.53 Å². The fourth-order valence-electron chi connectivity index (χ4n) is 2.30. The van der Waals surface area contributed by atoms with E-state index < -0.39 is 11.6 Å². The van der Waals surface area contributed by atoms with Gasteiger partial charge in [0.1, 0.15) is 0 Å². The number of carboxylic acid groups (broad SMARTS) is 1. The third-order valence-corrected chi connectivity index (χ3v) is 3.56. The van der Waals surface area contributed by atoms with Gasteiger partial charge >= 0.3 is 5.97 Å². The quantitative estimate of drug-likeness (QED) is 0.683. The van der Waals surface area contributed by atoms with Crippen LogP contribution in [0.25, 0.3) is 0 Å². The van der Waals surface area contributed by atoms with Crippen molar-refractivity contribution in [1.29, 1.82) is 0 Å². The topological polar surface area (TPSA) is 66.8 Å². The zero-order chi connectivity index (χ0) is 12.0. The summed E-state index contributed by atoms with van der Waals surface area (Å²) in [6.07, 6.45) is 4.70. The molecule has 0 spiro atoms. The number of aliphatic hydroxyl groups is 1. The first-order valence-electron chi connectivity index (χ1n) is 6.13. The molecule has 2 N–H and O–H groups in total. The van der Waals surface area contributed by atoms with Crippen LogP contribution in [0.4, 0.5) is 0 Å². The lowest BCUT2D eigenvalue weighted by molar-refractivity contribution is -0.172. The highest BCUT2D eigenvalue weighted by atomic mass is 16.5. The molecule has 0 amide bonds. The highest BCUT2D eigenvalue weighted by molar-refractivity contribution is 5.77. The average molecular weight is 230 g/mol. The third-order valence-electron chi connectivity index (χ3n) is 3.56. The summed E-state index contributed by atoms with van der Waals surface area (Å²) in [6, 6.07) is 0. The average Bonchev–Trinajstić information content (AvgIpc) is 2.30. The highest BCUT2D eigenvalue weighted by Gasteiger charge is 2.42. The Bertz CT molecular complexity index is 214. The Hall–Kier alpha value is -0.610. The molecule has 0 aromatic rings. The molecular formula is C12H22O4. The zero-order valence-electron chi connectivity index (χ0n) is 9.95. The number of ether oxygens (including phenoxy) is 1. The molecule has 0 aromatic heterocycles. The van der Waals surface area contributed by atoms with Gasteiger partial charge in [-0.15, -0.1) is 0 Å². The minimum Gasteiger partial charge on any atom is -0.479 e. The van der Waals surface area contributed by atoms with Crippen molar-refractivity contribution in [2.75, 3.05) is 13.2 Å². The normalized spacial score (nSPS) is 30.2. The number of aliphatic hydroxyl groups excluding tert-OH is 1.